The lowest BCUT2D eigenvalue weighted by Gasteiger charge is -2.44. The second-order valence-electron chi connectivity index (χ2n) is 6.49. The van der Waals surface area contributed by atoms with Gasteiger partial charge in [-0.25, -0.2) is 0 Å². The molecule has 3 nitrogen and oxygen atoms in total. The molecule has 2 aliphatic heterocycles. The molecule has 3 heteroatoms. The fourth-order valence-corrected chi connectivity index (χ4v) is 3.32. The zero-order valence-electron chi connectivity index (χ0n) is 11.9. The molecule has 0 aliphatic carbocycles. The number of para-hydroxylation sites is 1. The Labute approximate surface area is 115 Å². The van der Waals surface area contributed by atoms with Crippen LogP contribution >= 0.6 is 0 Å². The van der Waals surface area contributed by atoms with Gasteiger partial charge in [0.2, 0.25) is 0 Å². The van der Waals surface area contributed by atoms with E-state index in [1.54, 1.807) is 0 Å². The molecular formula is C16H24N2O. The van der Waals surface area contributed by atoms with E-state index in [0.717, 1.165) is 38.1 Å². The van der Waals surface area contributed by atoms with Crippen molar-refractivity contribution in [2.75, 3.05) is 13.1 Å². The molecule has 19 heavy (non-hydrogen) atoms. The molecule has 0 radical (unpaired) electrons. The van der Waals surface area contributed by atoms with E-state index >= 15 is 0 Å². The maximum atomic E-state index is 6.11. The summed E-state index contributed by atoms with van der Waals surface area (Å²) < 4.78 is 6.11. The minimum atomic E-state index is -0.0847. The van der Waals surface area contributed by atoms with E-state index in [9.17, 15) is 0 Å². The van der Waals surface area contributed by atoms with Gasteiger partial charge in [0.25, 0.3) is 0 Å². The van der Waals surface area contributed by atoms with Gasteiger partial charge in [-0.2, -0.15) is 0 Å². The van der Waals surface area contributed by atoms with Crippen LogP contribution in [0, 0.1) is 0 Å². The number of ether oxygens (including phenoxy) is 1. The first-order valence-corrected chi connectivity index (χ1v) is 7.33. The number of hydrogen-bond acceptors (Lipinski definition) is 3. The van der Waals surface area contributed by atoms with Crippen LogP contribution in [0.2, 0.25) is 0 Å². The summed E-state index contributed by atoms with van der Waals surface area (Å²) in [5.41, 5.74) is 7.28. The number of benzene rings is 1. The normalized spacial score (nSPS) is 27.6. The minimum absolute atomic E-state index is 0.0847. The minimum Gasteiger partial charge on any atom is -0.487 e. The smallest absolute Gasteiger partial charge is 0.124 e. The highest BCUT2D eigenvalue weighted by molar-refractivity contribution is 5.38. The summed E-state index contributed by atoms with van der Waals surface area (Å²) in [5.74, 6) is 1.05. The first kappa shape index (κ1) is 12.9. The van der Waals surface area contributed by atoms with Crippen LogP contribution in [0.3, 0.4) is 0 Å². The van der Waals surface area contributed by atoms with Crippen LogP contribution in [0.5, 0.6) is 5.75 Å². The van der Waals surface area contributed by atoms with Crippen LogP contribution in [0.1, 0.15) is 44.7 Å². The average molecular weight is 260 g/mol. The van der Waals surface area contributed by atoms with Gasteiger partial charge in [0, 0.05) is 37.2 Å². The molecule has 0 amide bonds. The third kappa shape index (κ3) is 2.63. The molecule has 1 atom stereocenters. The van der Waals surface area contributed by atoms with Crippen LogP contribution in [0.4, 0.5) is 0 Å². The Kier molecular flexibility index (Phi) is 3.27. The number of hydrogen-bond donors (Lipinski definition) is 1. The summed E-state index contributed by atoms with van der Waals surface area (Å²) >= 11 is 0. The fraction of sp³-hybridized carbons (Fsp3) is 0.625. The highest BCUT2D eigenvalue weighted by Gasteiger charge is 2.37. The maximum Gasteiger partial charge on any atom is 0.124 e. The van der Waals surface area contributed by atoms with Gasteiger partial charge in [-0.1, -0.05) is 18.2 Å². The molecule has 1 aromatic rings. The Morgan fingerprint density at radius 2 is 1.89 bits per heavy atom. The van der Waals surface area contributed by atoms with Crippen molar-refractivity contribution in [2.45, 2.75) is 50.8 Å². The molecule has 0 spiro atoms. The van der Waals surface area contributed by atoms with E-state index in [4.69, 9.17) is 10.5 Å². The molecule has 2 aliphatic rings. The largest absolute Gasteiger partial charge is 0.487 e. The van der Waals surface area contributed by atoms with Gasteiger partial charge in [0.1, 0.15) is 11.4 Å². The number of rotatable bonds is 1. The van der Waals surface area contributed by atoms with Gasteiger partial charge >= 0.3 is 0 Å². The lowest BCUT2D eigenvalue weighted by Crippen LogP contribution is -2.46. The van der Waals surface area contributed by atoms with Crippen molar-refractivity contribution in [1.82, 2.24) is 4.90 Å². The molecule has 2 N–H and O–H groups in total. The lowest BCUT2D eigenvalue weighted by molar-refractivity contribution is 0.0221. The Hall–Kier alpha value is -1.06. The van der Waals surface area contributed by atoms with Crippen molar-refractivity contribution >= 4 is 0 Å². The Morgan fingerprint density at radius 1 is 1.21 bits per heavy atom. The summed E-state index contributed by atoms with van der Waals surface area (Å²) in [5, 5.41) is 0. The van der Waals surface area contributed by atoms with E-state index in [2.05, 4.69) is 43.0 Å². The molecule has 1 aromatic carbocycles. The van der Waals surface area contributed by atoms with Crippen LogP contribution in [-0.4, -0.2) is 29.6 Å². The van der Waals surface area contributed by atoms with Crippen LogP contribution < -0.4 is 10.5 Å². The first-order valence-electron chi connectivity index (χ1n) is 7.33. The topological polar surface area (TPSA) is 38.5 Å². The Bertz CT molecular complexity index is 450. The van der Waals surface area contributed by atoms with Gasteiger partial charge < -0.3 is 10.5 Å². The first-order chi connectivity index (χ1) is 9.05. The Balaban J connectivity index is 1.88. The molecule has 2 heterocycles. The van der Waals surface area contributed by atoms with E-state index in [0.29, 0.717) is 12.1 Å². The predicted octanol–water partition coefficient (Wildman–Crippen LogP) is 2.71. The predicted molar refractivity (Wildman–Crippen MR) is 77.3 cm³/mol. The fourth-order valence-electron chi connectivity index (χ4n) is 3.32. The zero-order valence-corrected chi connectivity index (χ0v) is 11.9. The van der Waals surface area contributed by atoms with E-state index in [1.807, 2.05) is 0 Å². The molecular weight excluding hydrogens is 236 g/mol. The van der Waals surface area contributed by atoms with Gasteiger partial charge in [0.15, 0.2) is 0 Å². The SMILES string of the molecule is CC1(C)CC(N2CCC(N)CC2)c2ccccc2O1. The highest BCUT2D eigenvalue weighted by Crippen LogP contribution is 2.42. The third-order valence-electron chi connectivity index (χ3n) is 4.36. The average Bonchev–Trinajstić information content (AvgIpc) is 2.37. The number of nitrogens with zero attached hydrogens (tertiary/aromatic N) is 1. The molecule has 1 unspecified atom stereocenters. The number of nitrogens with two attached hydrogens (primary N) is 1. The van der Waals surface area contributed by atoms with Crippen molar-refractivity contribution in [3.8, 4) is 5.75 Å². The second kappa shape index (κ2) is 4.80. The monoisotopic (exact) mass is 260 g/mol. The zero-order chi connectivity index (χ0) is 13.5. The summed E-state index contributed by atoms with van der Waals surface area (Å²) in [4.78, 5) is 2.59. The van der Waals surface area contributed by atoms with Crippen LogP contribution in [0.25, 0.3) is 0 Å². The van der Waals surface area contributed by atoms with Crippen molar-refractivity contribution in [1.29, 1.82) is 0 Å². The van der Waals surface area contributed by atoms with Gasteiger partial charge in [-0.3, -0.25) is 4.90 Å². The summed E-state index contributed by atoms with van der Waals surface area (Å²) in [6.45, 7) is 6.59. The van der Waals surface area contributed by atoms with E-state index < -0.39 is 0 Å². The second-order valence-corrected chi connectivity index (χ2v) is 6.49. The number of fused-ring (bicyclic) bond motifs is 1. The summed E-state index contributed by atoms with van der Waals surface area (Å²) in [7, 11) is 0. The van der Waals surface area contributed by atoms with Crippen molar-refractivity contribution in [3.05, 3.63) is 29.8 Å². The highest BCUT2D eigenvalue weighted by atomic mass is 16.5. The Morgan fingerprint density at radius 3 is 2.63 bits per heavy atom. The summed E-state index contributed by atoms with van der Waals surface area (Å²) in [6, 6.07) is 9.35. The standard InChI is InChI=1S/C16H24N2O/c1-16(2)11-14(18-9-7-12(17)8-10-18)13-5-3-4-6-15(13)19-16/h3-6,12,14H,7-11,17H2,1-2H3. The van der Waals surface area contributed by atoms with Crippen LogP contribution in [-0.2, 0) is 0 Å². The van der Waals surface area contributed by atoms with E-state index in [1.165, 1.54) is 5.56 Å². The molecule has 1 fully saturated rings. The quantitative estimate of drug-likeness (QED) is 0.843. The molecule has 104 valence electrons. The van der Waals surface area contributed by atoms with Gasteiger partial charge in [-0.15, -0.1) is 0 Å². The van der Waals surface area contributed by atoms with Gasteiger partial charge in [0.05, 0.1) is 0 Å². The van der Waals surface area contributed by atoms with Crippen molar-refractivity contribution in [3.63, 3.8) is 0 Å². The molecule has 1 saturated heterocycles. The van der Waals surface area contributed by atoms with Crippen molar-refractivity contribution in [2.24, 2.45) is 5.73 Å². The summed E-state index contributed by atoms with van der Waals surface area (Å²) in [6.07, 6.45) is 3.28. The number of piperidine rings is 1. The molecule has 0 saturated carbocycles. The van der Waals surface area contributed by atoms with Crippen LogP contribution in [0.15, 0.2) is 24.3 Å². The van der Waals surface area contributed by atoms with E-state index in [-0.39, 0.29) is 5.60 Å². The maximum absolute atomic E-state index is 6.11. The number of likely N-dealkylation sites (tertiary alicyclic amines) is 1. The lowest BCUT2D eigenvalue weighted by atomic mass is 9.87. The molecule has 0 bridgehead atoms. The molecule has 3 rings (SSSR count). The molecule has 0 aromatic heterocycles. The van der Waals surface area contributed by atoms with Crippen molar-refractivity contribution < 1.29 is 4.74 Å². The van der Waals surface area contributed by atoms with Gasteiger partial charge in [-0.05, 0) is 32.8 Å². The third-order valence-corrected chi connectivity index (χ3v) is 4.36.